The Labute approximate surface area is 164 Å². The minimum atomic E-state index is 0. The van der Waals surface area contributed by atoms with Crippen LogP contribution in [0, 0.1) is 18.4 Å². The van der Waals surface area contributed by atoms with Gasteiger partial charge in [-0.15, -0.1) is 12.4 Å². The average molecular weight is 391 g/mol. The number of aliphatic imine (C=N–C) groups is 1. The Kier molecular flexibility index (Phi) is 10.7. The molecule has 0 saturated carbocycles. The van der Waals surface area contributed by atoms with E-state index in [1.807, 2.05) is 55.6 Å². The molecule has 138 valence electrons. The second-order valence-corrected chi connectivity index (χ2v) is 6.30. The normalized spacial score (nSPS) is 11.0. The average Bonchev–Trinajstić information content (AvgIpc) is 3.04. The van der Waals surface area contributed by atoms with Gasteiger partial charge in [-0.3, -0.25) is 5.32 Å². The third-order valence-corrected chi connectivity index (χ3v) is 4.32. The van der Waals surface area contributed by atoms with Crippen molar-refractivity contribution in [3.05, 3.63) is 59.7 Å². The summed E-state index contributed by atoms with van der Waals surface area (Å²) >= 11 is 1.79. The highest BCUT2D eigenvalue weighted by Gasteiger charge is 2.01. The molecule has 8 heteroatoms. The molecule has 0 amide bonds. The smallest absolute Gasteiger partial charge is 0.205 e. The number of H-pyrrole nitrogens is 1. The highest BCUT2D eigenvalue weighted by molar-refractivity contribution is 7.98. The van der Waals surface area contributed by atoms with Crippen molar-refractivity contribution in [2.75, 3.05) is 18.8 Å². The summed E-state index contributed by atoms with van der Waals surface area (Å²) in [6.07, 6.45) is 7.60. The van der Waals surface area contributed by atoms with Gasteiger partial charge in [0.15, 0.2) is 6.19 Å². The minimum Gasteiger partial charge on any atom is -0.355 e. The monoisotopic (exact) mass is 390 g/mol. The zero-order valence-electron chi connectivity index (χ0n) is 14.6. The molecule has 3 N–H and O–H groups in total. The molecular weight excluding hydrogens is 368 g/mol. The second kappa shape index (κ2) is 12.9. The van der Waals surface area contributed by atoms with E-state index in [4.69, 9.17) is 5.26 Å². The molecule has 1 aromatic carbocycles. The van der Waals surface area contributed by atoms with Crippen LogP contribution in [0.1, 0.15) is 17.0 Å². The molecule has 0 unspecified atom stereocenters. The maximum atomic E-state index is 8.81. The van der Waals surface area contributed by atoms with Gasteiger partial charge < -0.3 is 10.3 Å². The number of thioether (sulfide) groups is 1. The van der Waals surface area contributed by atoms with Gasteiger partial charge >= 0.3 is 0 Å². The lowest BCUT2D eigenvalue weighted by atomic mass is 10.2. The van der Waals surface area contributed by atoms with Crippen LogP contribution in [0.15, 0.2) is 47.7 Å². The van der Waals surface area contributed by atoms with Crippen molar-refractivity contribution in [3.63, 3.8) is 0 Å². The second-order valence-electron chi connectivity index (χ2n) is 5.19. The first-order chi connectivity index (χ1) is 12.3. The van der Waals surface area contributed by atoms with Gasteiger partial charge in [-0.25, -0.2) is 9.98 Å². The molecular formula is C18H23ClN6S. The van der Waals surface area contributed by atoms with Gasteiger partial charge in [0.05, 0.1) is 18.6 Å². The van der Waals surface area contributed by atoms with E-state index >= 15 is 0 Å². The molecule has 0 bridgehead atoms. The lowest BCUT2D eigenvalue weighted by molar-refractivity contribution is 0.923. The SMILES string of the molecule is Cc1[nH]cnc1CSCCNC(=NC/C=C/c1ccccc1)NC#N.Cl. The first-order valence-electron chi connectivity index (χ1n) is 8.01. The van der Waals surface area contributed by atoms with E-state index in [0.29, 0.717) is 12.5 Å². The van der Waals surface area contributed by atoms with Crippen molar-refractivity contribution in [1.29, 1.82) is 5.26 Å². The van der Waals surface area contributed by atoms with E-state index in [2.05, 4.69) is 25.6 Å². The van der Waals surface area contributed by atoms with E-state index in [0.717, 1.165) is 35.0 Å². The van der Waals surface area contributed by atoms with Gasteiger partial charge in [0.2, 0.25) is 5.96 Å². The number of aromatic nitrogens is 2. The lowest BCUT2D eigenvalue weighted by Gasteiger charge is -2.07. The van der Waals surface area contributed by atoms with Crippen LogP contribution in [-0.2, 0) is 5.75 Å². The van der Waals surface area contributed by atoms with E-state index in [-0.39, 0.29) is 12.4 Å². The first kappa shape index (κ1) is 21.6. The summed E-state index contributed by atoms with van der Waals surface area (Å²) in [7, 11) is 0. The lowest BCUT2D eigenvalue weighted by Crippen LogP contribution is -2.36. The first-order valence-corrected chi connectivity index (χ1v) is 9.16. The Balaban J connectivity index is 0.00000338. The summed E-state index contributed by atoms with van der Waals surface area (Å²) in [6.45, 7) is 3.25. The number of guanidine groups is 1. The standard InChI is InChI=1S/C18H22N6S.ClH/c1-15-17(24-14-23-15)12-25-11-10-21-18(22-13-19)20-9-5-8-16-6-3-2-4-7-16;/h2-8,14H,9-12H2,1H3,(H,23,24)(H2,20,21,22);1H/b8-5+;. The number of aryl methyl sites for hydroxylation is 1. The highest BCUT2D eigenvalue weighted by Crippen LogP contribution is 2.11. The van der Waals surface area contributed by atoms with Crippen LogP contribution in [0.5, 0.6) is 0 Å². The van der Waals surface area contributed by atoms with Crippen LogP contribution >= 0.6 is 24.2 Å². The van der Waals surface area contributed by atoms with Crippen molar-refractivity contribution in [3.8, 4) is 6.19 Å². The van der Waals surface area contributed by atoms with Gasteiger partial charge in [-0.1, -0.05) is 42.5 Å². The molecule has 0 fully saturated rings. The molecule has 0 aliphatic heterocycles. The molecule has 0 spiro atoms. The van der Waals surface area contributed by atoms with E-state index in [9.17, 15) is 0 Å². The molecule has 0 radical (unpaired) electrons. The number of rotatable bonds is 8. The number of hydrogen-bond donors (Lipinski definition) is 3. The number of aromatic amines is 1. The number of imidazole rings is 1. The van der Waals surface area contributed by atoms with E-state index in [1.165, 1.54) is 0 Å². The molecule has 1 aromatic heterocycles. The Bertz CT molecular complexity index is 736. The molecule has 26 heavy (non-hydrogen) atoms. The van der Waals surface area contributed by atoms with Gasteiger partial charge in [0.1, 0.15) is 0 Å². The van der Waals surface area contributed by atoms with Crippen LogP contribution in [0.4, 0.5) is 0 Å². The molecule has 0 aliphatic rings. The molecule has 0 atom stereocenters. The van der Waals surface area contributed by atoms with Crippen LogP contribution in [0.25, 0.3) is 6.08 Å². The van der Waals surface area contributed by atoms with Crippen molar-refractivity contribution < 1.29 is 0 Å². The largest absolute Gasteiger partial charge is 0.355 e. The summed E-state index contributed by atoms with van der Waals surface area (Å²) in [6, 6.07) is 10.0. The van der Waals surface area contributed by atoms with Crippen LogP contribution < -0.4 is 10.6 Å². The predicted molar refractivity (Wildman–Crippen MR) is 111 cm³/mol. The Hall–Kier alpha value is -2.43. The fourth-order valence-corrected chi connectivity index (χ4v) is 2.91. The van der Waals surface area contributed by atoms with Gasteiger partial charge in [-0.05, 0) is 12.5 Å². The Morgan fingerprint density at radius 1 is 1.38 bits per heavy atom. The van der Waals surface area contributed by atoms with E-state index < -0.39 is 0 Å². The third kappa shape index (κ3) is 8.10. The fourth-order valence-electron chi connectivity index (χ4n) is 2.03. The zero-order chi connectivity index (χ0) is 17.7. The third-order valence-electron chi connectivity index (χ3n) is 3.35. The molecule has 1 heterocycles. The van der Waals surface area contributed by atoms with Crippen molar-refractivity contribution in [2.45, 2.75) is 12.7 Å². The highest BCUT2D eigenvalue weighted by atomic mass is 35.5. The molecule has 2 rings (SSSR count). The summed E-state index contributed by atoms with van der Waals surface area (Å²) in [5.74, 6) is 2.27. The zero-order valence-corrected chi connectivity index (χ0v) is 16.2. The number of nitriles is 1. The van der Waals surface area contributed by atoms with Crippen molar-refractivity contribution in [2.24, 2.45) is 4.99 Å². The number of halogens is 1. The molecule has 0 saturated heterocycles. The van der Waals surface area contributed by atoms with Crippen LogP contribution in [0.3, 0.4) is 0 Å². The molecule has 6 nitrogen and oxygen atoms in total. The van der Waals surface area contributed by atoms with Crippen LogP contribution in [0.2, 0.25) is 0 Å². The maximum Gasteiger partial charge on any atom is 0.205 e. The predicted octanol–water partition coefficient (Wildman–Crippen LogP) is 3.10. The Morgan fingerprint density at radius 3 is 2.88 bits per heavy atom. The quantitative estimate of drug-likeness (QED) is 0.212. The fraction of sp³-hybridized carbons (Fsp3) is 0.278. The summed E-state index contributed by atoms with van der Waals surface area (Å²) in [5.41, 5.74) is 3.32. The molecule has 0 aliphatic carbocycles. The van der Waals surface area contributed by atoms with E-state index in [1.54, 1.807) is 18.1 Å². The molecule has 2 aromatic rings. The van der Waals surface area contributed by atoms with Crippen LogP contribution in [-0.4, -0.2) is 34.8 Å². The van der Waals surface area contributed by atoms with Gasteiger partial charge in [-0.2, -0.15) is 17.0 Å². The summed E-state index contributed by atoms with van der Waals surface area (Å²) in [4.78, 5) is 11.7. The van der Waals surface area contributed by atoms with Gasteiger partial charge in [0.25, 0.3) is 0 Å². The number of hydrogen-bond acceptors (Lipinski definition) is 4. The topological polar surface area (TPSA) is 88.9 Å². The summed E-state index contributed by atoms with van der Waals surface area (Å²) in [5, 5.41) is 14.5. The number of nitrogens with one attached hydrogen (secondary N) is 3. The maximum absolute atomic E-state index is 8.81. The van der Waals surface area contributed by atoms with Crippen molar-refractivity contribution >= 4 is 36.2 Å². The number of benzene rings is 1. The van der Waals surface area contributed by atoms with Crippen molar-refractivity contribution in [1.82, 2.24) is 20.6 Å². The minimum absolute atomic E-state index is 0. The number of nitrogens with zero attached hydrogens (tertiary/aromatic N) is 3. The van der Waals surface area contributed by atoms with Gasteiger partial charge in [0, 0.05) is 23.7 Å². The summed E-state index contributed by atoms with van der Waals surface area (Å²) < 4.78 is 0. The Morgan fingerprint density at radius 2 is 2.19 bits per heavy atom.